The van der Waals surface area contributed by atoms with Gasteiger partial charge < -0.3 is 10.1 Å². The van der Waals surface area contributed by atoms with Crippen LogP contribution in [-0.4, -0.2) is 47.9 Å². The molecule has 0 saturated carbocycles. The third kappa shape index (κ3) is 3.71. The molecule has 1 saturated heterocycles. The van der Waals surface area contributed by atoms with E-state index in [4.69, 9.17) is 4.74 Å². The summed E-state index contributed by atoms with van der Waals surface area (Å²) in [6.07, 6.45) is 2.63. The lowest BCUT2D eigenvalue weighted by molar-refractivity contribution is -0.118. The summed E-state index contributed by atoms with van der Waals surface area (Å²) < 4.78 is 32.4. The van der Waals surface area contributed by atoms with E-state index in [1.807, 2.05) is 0 Å². The number of methoxy groups -OCH3 is 1. The monoisotopic (exact) mass is 274 g/mol. The number of aromatic nitrogens is 2. The first-order valence-corrected chi connectivity index (χ1v) is 5.94. The van der Waals surface area contributed by atoms with E-state index in [2.05, 4.69) is 15.7 Å². The third-order valence-electron chi connectivity index (χ3n) is 2.85. The summed E-state index contributed by atoms with van der Waals surface area (Å²) in [6.45, 7) is 0.607. The number of nitrogens with one attached hydrogen (secondary N) is 2. The summed E-state index contributed by atoms with van der Waals surface area (Å²) in [5, 5.41) is 9.07. The number of alkyl halides is 2. The van der Waals surface area contributed by atoms with Crippen LogP contribution in [0.1, 0.15) is 6.42 Å². The van der Waals surface area contributed by atoms with E-state index in [0.717, 1.165) is 0 Å². The van der Waals surface area contributed by atoms with Crippen molar-refractivity contribution in [3.05, 3.63) is 12.4 Å². The fraction of sp³-hybridized carbons (Fsp3) is 0.636. The maximum absolute atomic E-state index is 13.0. The number of rotatable bonds is 5. The second kappa shape index (κ2) is 5.62. The molecular weight excluding hydrogens is 258 g/mol. The summed E-state index contributed by atoms with van der Waals surface area (Å²) in [7, 11) is 1.58. The van der Waals surface area contributed by atoms with Crippen molar-refractivity contribution in [1.82, 2.24) is 15.1 Å². The van der Waals surface area contributed by atoms with Crippen molar-refractivity contribution in [2.45, 2.75) is 24.9 Å². The van der Waals surface area contributed by atoms with Gasteiger partial charge in [0.15, 0.2) is 0 Å². The number of hydrogen-bond donors (Lipinski definition) is 2. The van der Waals surface area contributed by atoms with E-state index in [9.17, 15) is 13.6 Å². The molecule has 0 radical (unpaired) electrons. The average molecular weight is 274 g/mol. The lowest BCUT2D eigenvalue weighted by Crippen LogP contribution is -2.35. The van der Waals surface area contributed by atoms with Gasteiger partial charge in [0.2, 0.25) is 5.91 Å². The van der Waals surface area contributed by atoms with Gasteiger partial charge in [0.1, 0.15) is 0 Å². The molecule has 106 valence electrons. The fourth-order valence-corrected chi connectivity index (χ4v) is 1.87. The molecule has 1 fully saturated rings. The van der Waals surface area contributed by atoms with E-state index in [-0.39, 0.29) is 0 Å². The van der Waals surface area contributed by atoms with Gasteiger partial charge in [0.25, 0.3) is 5.92 Å². The maximum Gasteiger partial charge on any atom is 0.262 e. The SMILES string of the molecule is COCCn1cc(NC(=O)C2CC(F)(F)CN2)cn1. The van der Waals surface area contributed by atoms with Gasteiger partial charge in [0.05, 0.1) is 37.6 Å². The van der Waals surface area contributed by atoms with Gasteiger partial charge in [-0.3, -0.25) is 14.8 Å². The molecule has 0 aromatic carbocycles. The van der Waals surface area contributed by atoms with Crippen LogP contribution in [0.2, 0.25) is 0 Å². The number of halogens is 2. The highest BCUT2D eigenvalue weighted by molar-refractivity contribution is 5.94. The summed E-state index contributed by atoms with van der Waals surface area (Å²) in [5.41, 5.74) is 0.484. The van der Waals surface area contributed by atoms with Crippen LogP contribution in [0.4, 0.5) is 14.5 Å². The quantitative estimate of drug-likeness (QED) is 0.819. The Balaban J connectivity index is 1.87. The topological polar surface area (TPSA) is 68.2 Å². The first-order chi connectivity index (χ1) is 9.00. The molecule has 2 heterocycles. The van der Waals surface area contributed by atoms with Crippen molar-refractivity contribution in [1.29, 1.82) is 0 Å². The number of carbonyl (C=O) groups is 1. The average Bonchev–Trinajstić information content (AvgIpc) is 2.93. The van der Waals surface area contributed by atoms with E-state index in [0.29, 0.717) is 18.8 Å². The Morgan fingerprint density at radius 3 is 3.16 bits per heavy atom. The molecule has 8 heteroatoms. The summed E-state index contributed by atoms with van der Waals surface area (Å²) >= 11 is 0. The number of anilines is 1. The van der Waals surface area contributed by atoms with Crippen LogP contribution in [0.25, 0.3) is 0 Å². The lowest BCUT2D eigenvalue weighted by atomic mass is 10.2. The highest BCUT2D eigenvalue weighted by Crippen LogP contribution is 2.25. The number of amides is 1. The van der Waals surface area contributed by atoms with Gasteiger partial charge in [-0.05, 0) is 0 Å². The molecule has 1 unspecified atom stereocenters. The molecule has 1 aliphatic rings. The Kier molecular flexibility index (Phi) is 4.11. The van der Waals surface area contributed by atoms with Crippen LogP contribution in [0.15, 0.2) is 12.4 Å². The van der Waals surface area contributed by atoms with E-state index < -0.39 is 30.8 Å². The largest absolute Gasteiger partial charge is 0.383 e. The van der Waals surface area contributed by atoms with Crippen molar-refractivity contribution >= 4 is 11.6 Å². The van der Waals surface area contributed by atoms with Crippen LogP contribution in [0, 0.1) is 0 Å². The fourth-order valence-electron chi connectivity index (χ4n) is 1.87. The van der Waals surface area contributed by atoms with Crippen LogP contribution < -0.4 is 10.6 Å². The standard InChI is InChI=1S/C11H16F2N4O2/c1-19-3-2-17-6-8(5-15-17)16-10(18)9-4-11(12,13)7-14-9/h5-6,9,14H,2-4,7H2,1H3,(H,16,18). The molecule has 19 heavy (non-hydrogen) atoms. The minimum atomic E-state index is -2.81. The Morgan fingerprint density at radius 1 is 1.74 bits per heavy atom. The van der Waals surface area contributed by atoms with Gasteiger partial charge in [-0.2, -0.15) is 5.10 Å². The normalized spacial score (nSPS) is 21.5. The molecule has 1 aromatic heterocycles. The third-order valence-corrected chi connectivity index (χ3v) is 2.85. The Bertz CT molecular complexity index is 450. The van der Waals surface area contributed by atoms with Gasteiger partial charge >= 0.3 is 0 Å². The van der Waals surface area contributed by atoms with E-state index in [1.165, 1.54) is 6.20 Å². The first-order valence-electron chi connectivity index (χ1n) is 5.94. The highest BCUT2D eigenvalue weighted by Gasteiger charge is 2.42. The van der Waals surface area contributed by atoms with Crippen molar-refractivity contribution in [2.24, 2.45) is 0 Å². The van der Waals surface area contributed by atoms with E-state index in [1.54, 1.807) is 18.0 Å². The maximum atomic E-state index is 13.0. The molecule has 1 aromatic rings. The number of ether oxygens (including phenoxy) is 1. The molecule has 2 N–H and O–H groups in total. The molecule has 0 aliphatic carbocycles. The molecule has 0 spiro atoms. The van der Waals surface area contributed by atoms with Gasteiger partial charge in [-0.15, -0.1) is 0 Å². The summed E-state index contributed by atoms with van der Waals surface area (Å²) in [5.74, 6) is -3.28. The van der Waals surface area contributed by atoms with Crippen LogP contribution in [0.3, 0.4) is 0 Å². The minimum Gasteiger partial charge on any atom is -0.383 e. The Labute approximate surface area is 109 Å². The zero-order valence-electron chi connectivity index (χ0n) is 10.5. The molecule has 1 atom stereocenters. The molecule has 6 nitrogen and oxygen atoms in total. The predicted octanol–water partition coefficient (Wildman–Crippen LogP) is 0.465. The number of carbonyl (C=O) groups excluding carboxylic acids is 1. The molecular formula is C11H16F2N4O2. The molecule has 1 amide bonds. The molecule has 2 rings (SSSR count). The van der Waals surface area contributed by atoms with Crippen molar-refractivity contribution in [3.63, 3.8) is 0 Å². The number of hydrogen-bond acceptors (Lipinski definition) is 4. The van der Waals surface area contributed by atoms with Gasteiger partial charge in [-0.1, -0.05) is 0 Å². The van der Waals surface area contributed by atoms with E-state index >= 15 is 0 Å². The van der Waals surface area contributed by atoms with Gasteiger partial charge in [-0.25, -0.2) is 8.78 Å². The van der Waals surface area contributed by atoms with Crippen LogP contribution in [0.5, 0.6) is 0 Å². The zero-order chi connectivity index (χ0) is 13.9. The molecule has 0 bridgehead atoms. The summed E-state index contributed by atoms with van der Waals surface area (Å²) in [4.78, 5) is 11.8. The van der Waals surface area contributed by atoms with Crippen molar-refractivity contribution < 1.29 is 18.3 Å². The number of nitrogens with zero attached hydrogens (tertiary/aromatic N) is 2. The first kappa shape index (κ1) is 13.9. The molecule has 1 aliphatic heterocycles. The van der Waals surface area contributed by atoms with Crippen LogP contribution >= 0.6 is 0 Å². The second-order valence-corrected chi connectivity index (χ2v) is 4.47. The Hall–Kier alpha value is -1.54. The van der Waals surface area contributed by atoms with Gasteiger partial charge in [0, 0.05) is 19.7 Å². The second-order valence-electron chi connectivity index (χ2n) is 4.47. The zero-order valence-corrected chi connectivity index (χ0v) is 10.5. The highest BCUT2D eigenvalue weighted by atomic mass is 19.3. The minimum absolute atomic E-state index is 0.460. The van der Waals surface area contributed by atoms with Crippen molar-refractivity contribution in [3.8, 4) is 0 Å². The smallest absolute Gasteiger partial charge is 0.262 e. The lowest BCUT2D eigenvalue weighted by Gasteiger charge is -2.09. The van der Waals surface area contributed by atoms with Crippen LogP contribution in [-0.2, 0) is 16.1 Å². The Morgan fingerprint density at radius 2 is 2.53 bits per heavy atom. The van der Waals surface area contributed by atoms with Crippen molar-refractivity contribution in [2.75, 3.05) is 25.6 Å². The predicted molar refractivity (Wildman–Crippen MR) is 64.1 cm³/mol. The summed E-state index contributed by atoms with van der Waals surface area (Å²) in [6, 6.07) is -0.864.